The zero-order valence-electron chi connectivity index (χ0n) is 15.3. The molecule has 3 aromatic rings. The molecule has 0 aliphatic rings. The normalized spacial score (nSPS) is 12.5. The molecule has 0 unspecified atom stereocenters. The Kier molecular flexibility index (Phi) is 4.79. The number of halogens is 3. The highest BCUT2D eigenvalue weighted by molar-refractivity contribution is 6.07. The number of hydrogen-bond acceptors (Lipinski definition) is 4. The lowest BCUT2D eigenvalue weighted by Gasteiger charge is -2.15. The van der Waals surface area contributed by atoms with E-state index < -0.39 is 11.7 Å². The summed E-state index contributed by atoms with van der Waals surface area (Å²) in [6, 6.07) is 3.69. The van der Waals surface area contributed by atoms with Crippen LogP contribution in [0.4, 0.5) is 18.9 Å². The standard InChI is InChI=1S/C18H22F3N5/c1-11-15-16(22-8-5-9-25(2)3)13-7-6-12(18(19,20)21)10-14(13)23-17(15)26(4)24-11/h6-7,10H,5,8-9H2,1-4H3,(H,22,23). The number of hydrogen-bond donors (Lipinski definition) is 1. The molecule has 0 spiro atoms. The van der Waals surface area contributed by atoms with Gasteiger partial charge < -0.3 is 10.2 Å². The van der Waals surface area contributed by atoms with Gasteiger partial charge in [0.25, 0.3) is 0 Å². The van der Waals surface area contributed by atoms with Gasteiger partial charge in [0.2, 0.25) is 0 Å². The Labute approximate surface area is 149 Å². The summed E-state index contributed by atoms with van der Waals surface area (Å²) in [4.78, 5) is 6.53. The summed E-state index contributed by atoms with van der Waals surface area (Å²) in [5.74, 6) is 0. The van der Waals surface area contributed by atoms with Crippen LogP contribution in [0.15, 0.2) is 18.2 Å². The minimum Gasteiger partial charge on any atom is -0.384 e. The lowest BCUT2D eigenvalue weighted by atomic mass is 10.1. The Bertz CT molecular complexity index is 944. The van der Waals surface area contributed by atoms with Gasteiger partial charge in [0.15, 0.2) is 5.65 Å². The van der Waals surface area contributed by atoms with E-state index in [2.05, 4.69) is 20.3 Å². The molecule has 0 aliphatic carbocycles. The number of rotatable bonds is 5. The van der Waals surface area contributed by atoms with Crippen molar-refractivity contribution in [3.8, 4) is 0 Å². The van der Waals surface area contributed by atoms with E-state index in [0.29, 0.717) is 23.1 Å². The van der Waals surface area contributed by atoms with Gasteiger partial charge in [-0.3, -0.25) is 4.68 Å². The summed E-state index contributed by atoms with van der Waals surface area (Å²) in [6.45, 7) is 3.51. The van der Waals surface area contributed by atoms with Crippen LogP contribution in [0.5, 0.6) is 0 Å². The highest BCUT2D eigenvalue weighted by Crippen LogP contribution is 2.36. The minimum absolute atomic E-state index is 0.311. The SMILES string of the molecule is Cc1nn(C)c2nc3cc(C(F)(F)F)ccc3c(NCCCN(C)C)c12. The van der Waals surface area contributed by atoms with Crippen molar-refractivity contribution in [1.82, 2.24) is 19.7 Å². The van der Waals surface area contributed by atoms with Crippen molar-refractivity contribution in [2.75, 3.05) is 32.5 Å². The summed E-state index contributed by atoms with van der Waals surface area (Å²) in [6.07, 6.45) is -3.48. The largest absolute Gasteiger partial charge is 0.416 e. The van der Waals surface area contributed by atoms with Crippen molar-refractivity contribution >= 4 is 27.6 Å². The fraction of sp³-hybridized carbons (Fsp3) is 0.444. The molecule has 1 N–H and O–H groups in total. The number of aryl methyl sites for hydroxylation is 2. The maximum absolute atomic E-state index is 13.1. The van der Waals surface area contributed by atoms with Crippen molar-refractivity contribution in [2.24, 2.45) is 7.05 Å². The third-order valence-corrected chi connectivity index (χ3v) is 4.35. The van der Waals surface area contributed by atoms with E-state index in [1.807, 2.05) is 21.0 Å². The van der Waals surface area contributed by atoms with Crippen LogP contribution >= 0.6 is 0 Å². The molecule has 5 nitrogen and oxygen atoms in total. The third kappa shape index (κ3) is 3.46. The molecule has 0 amide bonds. The molecule has 0 fully saturated rings. The molecule has 26 heavy (non-hydrogen) atoms. The Hall–Kier alpha value is -2.35. The lowest BCUT2D eigenvalue weighted by molar-refractivity contribution is -0.137. The van der Waals surface area contributed by atoms with Crippen LogP contribution in [0.2, 0.25) is 0 Å². The van der Waals surface area contributed by atoms with Gasteiger partial charge in [-0.25, -0.2) is 4.98 Å². The van der Waals surface area contributed by atoms with Gasteiger partial charge in [-0.2, -0.15) is 18.3 Å². The van der Waals surface area contributed by atoms with Crippen LogP contribution in [0.25, 0.3) is 21.9 Å². The van der Waals surface area contributed by atoms with Crippen LogP contribution in [0, 0.1) is 6.92 Å². The average Bonchev–Trinajstić information content (AvgIpc) is 2.83. The summed E-state index contributed by atoms with van der Waals surface area (Å²) in [5, 5.41) is 9.31. The minimum atomic E-state index is -4.40. The van der Waals surface area contributed by atoms with Gasteiger partial charge in [-0.15, -0.1) is 0 Å². The molecule has 0 saturated heterocycles. The van der Waals surface area contributed by atoms with E-state index in [1.54, 1.807) is 11.7 Å². The van der Waals surface area contributed by atoms with Gasteiger partial charge in [-0.1, -0.05) is 6.07 Å². The molecule has 3 rings (SSSR count). The van der Waals surface area contributed by atoms with E-state index in [1.165, 1.54) is 6.07 Å². The van der Waals surface area contributed by atoms with E-state index in [0.717, 1.165) is 41.9 Å². The molecule has 140 valence electrons. The zero-order valence-corrected chi connectivity index (χ0v) is 15.3. The molecule has 8 heteroatoms. The third-order valence-electron chi connectivity index (χ3n) is 4.35. The van der Waals surface area contributed by atoms with Crippen LogP contribution in [-0.2, 0) is 13.2 Å². The van der Waals surface area contributed by atoms with Crippen molar-refractivity contribution in [1.29, 1.82) is 0 Å². The van der Waals surface area contributed by atoms with Crippen molar-refractivity contribution in [3.63, 3.8) is 0 Å². The number of pyridine rings is 1. The van der Waals surface area contributed by atoms with Crippen molar-refractivity contribution < 1.29 is 13.2 Å². The summed E-state index contributed by atoms with van der Waals surface area (Å²) in [7, 11) is 5.76. The van der Waals surface area contributed by atoms with E-state index in [4.69, 9.17) is 0 Å². The predicted molar refractivity (Wildman–Crippen MR) is 97.4 cm³/mol. The topological polar surface area (TPSA) is 46.0 Å². The molecule has 2 heterocycles. The Morgan fingerprint density at radius 2 is 1.96 bits per heavy atom. The number of alkyl halides is 3. The second-order valence-electron chi connectivity index (χ2n) is 6.71. The van der Waals surface area contributed by atoms with Crippen LogP contribution < -0.4 is 5.32 Å². The lowest BCUT2D eigenvalue weighted by Crippen LogP contribution is -2.16. The van der Waals surface area contributed by atoms with Gasteiger partial charge in [0.1, 0.15) is 0 Å². The van der Waals surface area contributed by atoms with Gasteiger partial charge >= 0.3 is 6.18 Å². The first-order valence-electron chi connectivity index (χ1n) is 8.41. The number of benzene rings is 1. The Morgan fingerprint density at radius 1 is 1.23 bits per heavy atom. The van der Waals surface area contributed by atoms with Gasteiger partial charge in [0, 0.05) is 19.0 Å². The molecular weight excluding hydrogens is 343 g/mol. The van der Waals surface area contributed by atoms with Crippen molar-refractivity contribution in [2.45, 2.75) is 19.5 Å². The van der Waals surface area contributed by atoms with Crippen molar-refractivity contribution in [3.05, 3.63) is 29.5 Å². The quantitative estimate of drug-likeness (QED) is 0.699. The summed E-state index contributed by atoms with van der Waals surface area (Å²) in [5.41, 5.74) is 1.78. The number of nitrogens with one attached hydrogen (secondary N) is 1. The predicted octanol–water partition coefficient (Wildman–Crippen LogP) is 3.81. The number of nitrogens with zero attached hydrogens (tertiary/aromatic N) is 4. The molecule has 1 aromatic carbocycles. The smallest absolute Gasteiger partial charge is 0.384 e. The molecular formula is C18H22F3N5. The first-order valence-corrected chi connectivity index (χ1v) is 8.41. The molecule has 0 atom stereocenters. The zero-order chi connectivity index (χ0) is 19.1. The fourth-order valence-electron chi connectivity index (χ4n) is 3.12. The number of anilines is 1. The second-order valence-corrected chi connectivity index (χ2v) is 6.71. The molecule has 2 aromatic heterocycles. The van der Waals surface area contributed by atoms with E-state index in [-0.39, 0.29) is 0 Å². The van der Waals surface area contributed by atoms with Gasteiger partial charge in [0.05, 0.1) is 27.8 Å². The molecule has 0 aliphatic heterocycles. The maximum atomic E-state index is 13.1. The monoisotopic (exact) mass is 365 g/mol. The molecule has 0 radical (unpaired) electrons. The van der Waals surface area contributed by atoms with E-state index in [9.17, 15) is 13.2 Å². The summed E-state index contributed by atoms with van der Waals surface area (Å²) >= 11 is 0. The molecule has 0 bridgehead atoms. The Morgan fingerprint density at radius 3 is 2.62 bits per heavy atom. The highest BCUT2D eigenvalue weighted by atomic mass is 19.4. The highest BCUT2D eigenvalue weighted by Gasteiger charge is 2.31. The molecule has 0 saturated carbocycles. The first kappa shape index (κ1) is 18.4. The Balaban J connectivity index is 2.13. The average molecular weight is 365 g/mol. The fourth-order valence-corrected chi connectivity index (χ4v) is 3.12. The van der Waals surface area contributed by atoms with Crippen LogP contribution in [-0.4, -0.2) is 46.8 Å². The maximum Gasteiger partial charge on any atom is 0.416 e. The second kappa shape index (κ2) is 6.75. The number of aromatic nitrogens is 3. The summed E-state index contributed by atoms with van der Waals surface area (Å²) < 4.78 is 40.8. The number of fused-ring (bicyclic) bond motifs is 2. The van der Waals surface area contributed by atoms with Crippen LogP contribution in [0.1, 0.15) is 17.7 Å². The van der Waals surface area contributed by atoms with Crippen LogP contribution in [0.3, 0.4) is 0 Å². The van der Waals surface area contributed by atoms with Gasteiger partial charge in [-0.05, 0) is 46.1 Å². The first-order chi connectivity index (χ1) is 12.2. The van der Waals surface area contributed by atoms with E-state index >= 15 is 0 Å².